The Labute approximate surface area is 119 Å². The minimum atomic E-state index is -0.509. The number of carbonyl (C=O) groups is 1. The Hall–Kier alpha value is -1.43. The Kier molecular flexibility index (Phi) is 5.52. The van der Waals surface area contributed by atoms with E-state index in [1.165, 1.54) is 0 Å². The molecule has 20 heavy (non-hydrogen) atoms. The highest BCUT2D eigenvalue weighted by Gasteiger charge is 2.20. The van der Waals surface area contributed by atoms with Crippen LogP contribution < -0.4 is 11.1 Å². The first-order chi connectivity index (χ1) is 9.70. The highest BCUT2D eigenvalue weighted by atomic mass is 16.5. The van der Waals surface area contributed by atoms with Crippen molar-refractivity contribution in [3.05, 3.63) is 29.8 Å². The summed E-state index contributed by atoms with van der Waals surface area (Å²) in [5.41, 5.74) is 7.30. The van der Waals surface area contributed by atoms with Gasteiger partial charge in [0.05, 0.1) is 12.7 Å². The number of anilines is 1. The Balaban J connectivity index is 1.83. The van der Waals surface area contributed by atoms with Gasteiger partial charge in [-0.2, -0.15) is 0 Å². The van der Waals surface area contributed by atoms with Gasteiger partial charge in [-0.15, -0.1) is 0 Å². The van der Waals surface area contributed by atoms with Crippen LogP contribution in [-0.4, -0.2) is 31.3 Å². The van der Waals surface area contributed by atoms with E-state index in [9.17, 15) is 4.79 Å². The Bertz CT molecular complexity index is 444. The zero-order valence-corrected chi connectivity index (χ0v) is 11.8. The number of benzene rings is 1. The summed E-state index contributed by atoms with van der Waals surface area (Å²) < 4.78 is 11.0. The number of rotatable bonds is 6. The molecule has 0 radical (unpaired) electrons. The molecule has 0 bridgehead atoms. The van der Waals surface area contributed by atoms with Gasteiger partial charge in [0.2, 0.25) is 0 Å². The lowest BCUT2D eigenvalue weighted by Gasteiger charge is -2.17. The van der Waals surface area contributed by atoms with Gasteiger partial charge in [-0.3, -0.25) is 4.79 Å². The second-order valence-corrected chi connectivity index (χ2v) is 4.96. The van der Waals surface area contributed by atoms with Crippen molar-refractivity contribution in [2.24, 2.45) is 5.73 Å². The van der Waals surface area contributed by atoms with Crippen LogP contribution in [0.25, 0.3) is 0 Å². The van der Waals surface area contributed by atoms with E-state index in [0.717, 1.165) is 30.7 Å². The Morgan fingerprint density at radius 1 is 1.55 bits per heavy atom. The Morgan fingerprint density at radius 3 is 3.05 bits per heavy atom. The van der Waals surface area contributed by atoms with Crippen LogP contribution in [0, 0.1) is 0 Å². The minimum absolute atomic E-state index is 0.126. The molecule has 5 heteroatoms. The molecule has 1 amide bonds. The van der Waals surface area contributed by atoms with Crippen LogP contribution in [0.3, 0.4) is 0 Å². The van der Waals surface area contributed by atoms with E-state index in [-0.39, 0.29) is 12.0 Å². The summed E-state index contributed by atoms with van der Waals surface area (Å²) >= 11 is 0. The van der Waals surface area contributed by atoms with Crippen LogP contribution in [0.2, 0.25) is 0 Å². The highest BCUT2D eigenvalue weighted by Crippen LogP contribution is 2.16. The molecule has 1 aliphatic heterocycles. The molecule has 1 fully saturated rings. The largest absolute Gasteiger partial charge is 0.376 e. The van der Waals surface area contributed by atoms with Crippen LogP contribution in [0.1, 0.15) is 25.3 Å². The molecule has 5 nitrogen and oxygen atoms in total. The normalized spacial score (nSPS) is 19.8. The van der Waals surface area contributed by atoms with Gasteiger partial charge in [0.1, 0.15) is 6.10 Å². The molecule has 0 aliphatic carbocycles. The molecule has 0 saturated carbocycles. The van der Waals surface area contributed by atoms with Gasteiger partial charge >= 0.3 is 0 Å². The molecule has 1 aromatic rings. The van der Waals surface area contributed by atoms with Crippen LogP contribution in [-0.2, 0) is 20.8 Å². The van der Waals surface area contributed by atoms with Gasteiger partial charge in [-0.25, -0.2) is 0 Å². The lowest BCUT2D eigenvalue weighted by Crippen LogP contribution is -2.31. The number of nitrogens with two attached hydrogens (primary N) is 1. The van der Waals surface area contributed by atoms with Crippen molar-refractivity contribution in [2.75, 3.05) is 18.5 Å². The third kappa shape index (κ3) is 4.03. The Morgan fingerprint density at radius 2 is 2.35 bits per heavy atom. The maximum absolute atomic E-state index is 12.1. The molecule has 1 heterocycles. The summed E-state index contributed by atoms with van der Waals surface area (Å²) in [4.78, 5) is 12.1. The molecule has 3 N–H and O–H groups in total. The van der Waals surface area contributed by atoms with E-state index in [1.54, 1.807) is 6.92 Å². The van der Waals surface area contributed by atoms with E-state index >= 15 is 0 Å². The molecule has 2 rings (SSSR count). The average molecular weight is 278 g/mol. The first-order valence-electron chi connectivity index (χ1n) is 7.02. The number of amides is 1. The maximum Gasteiger partial charge on any atom is 0.253 e. The van der Waals surface area contributed by atoms with Crippen molar-refractivity contribution in [3.8, 4) is 0 Å². The zero-order valence-electron chi connectivity index (χ0n) is 11.8. The predicted octanol–water partition coefficient (Wildman–Crippen LogP) is 1.67. The van der Waals surface area contributed by atoms with E-state index in [4.69, 9.17) is 15.2 Å². The molecular formula is C15H22N2O3. The summed E-state index contributed by atoms with van der Waals surface area (Å²) in [5, 5.41) is 2.85. The fraction of sp³-hybridized carbons (Fsp3) is 0.533. The van der Waals surface area contributed by atoms with Crippen LogP contribution in [0.15, 0.2) is 24.3 Å². The lowest BCUT2D eigenvalue weighted by atomic mass is 10.1. The fourth-order valence-corrected chi connectivity index (χ4v) is 2.16. The summed E-state index contributed by atoms with van der Waals surface area (Å²) in [6.45, 7) is 3.39. The van der Waals surface area contributed by atoms with Crippen molar-refractivity contribution < 1.29 is 14.3 Å². The van der Waals surface area contributed by atoms with Gasteiger partial charge in [-0.05, 0) is 31.4 Å². The molecule has 1 saturated heterocycles. The van der Waals surface area contributed by atoms with Crippen molar-refractivity contribution in [3.63, 3.8) is 0 Å². The zero-order chi connectivity index (χ0) is 14.4. The second-order valence-electron chi connectivity index (χ2n) is 4.96. The molecule has 1 aliphatic rings. The predicted molar refractivity (Wildman–Crippen MR) is 77.4 cm³/mol. The summed E-state index contributed by atoms with van der Waals surface area (Å²) in [6, 6.07) is 7.50. The summed E-state index contributed by atoms with van der Waals surface area (Å²) in [5.74, 6) is -0.163. The number of nitrogens with one attached hydrogen (secondary N) is 1. The number of para-hydroxylation sites is 1. The van der Waals surface area contributed by atoms with E-state index in [2.05, 4.69) is 5.32 Å². The number of hydrogen-bond donors (Lipinski definition) is 2. The first-order valence-corrected chi connectivity index (χ1v) is 7.02. The first kappa shape index (κ1) is 15.0. The van der Waals surface area contributed by atoms with Crippen LogP contribution in [0.4, 0.5) is 5.69 Å². The van der Waals surface area contributed by atoms with E-state index in [1.807, 2.05) is 24.3 Å². The number of ether oxygens (including phenoxy) is 2. The van der Waals surface area contributed by atoms with Gasteiger partial charge in [0.15, 0.2) is 0 Å². The van der Waals surface area contributed by atoms with Crippen LogP contribution >= 0.6 is 0 Å². The van der Waals surface area contributed by atoms with Crippen molar-refractivity contribution >= 4 is 11.6 Å². The van der Waals surface area contributed by atoms with Crippen molar-refractivity contribution in [2.45, 2.75) is 38.5 Å². The van der Waals surface area contributed by atoms with Gasteiger partial charge in [0.25, 0.3) is 5.91 Å². The topological polar surface area (TPSA) is 73.6 Å². The van der Waals surface area contributed by atoms with E-state index < -0.39 is 6.10 Å². The molecule has 110 valence electrons. The minimum Gasteiger partial charge on any atom is -0.376 e. The second kappa shape index (κ2) is 7.38. The number of hydrogen-bond acceptors (Lipinski definition) is 4. The van der Waals surface area contributed by atoms with Gasteiger partial charge in [0, 0.05) is 18.8 Å². The SMILES string of the molecule is CC(OCC1CCCO1)C(=O)Nc1ccccc1CN. The van der Waals surface area contributed by atoms with Crippen molar-refractivity contribution in [1.82, 2.24) is 0 Å². The molecule has 1 aromatic carbocycles. The third-order valence-electron chi connectivity index (χ3n) is 3.42. The van der Waals surface area contributed by atoms with Gasteiger partial charge in [-0.1, -0.05) is 18.2 Å². The molecular weight excluding hydrogens is 256 g/mol. The molecule has 2 atom stereocenters. The summed E-state index contributed by atoms with van der Waals surface area (Å²) in [6.07, 6.45) is 1.69. The number of carbonyl (C=O) groups excluding carboxylic acids is 1. The van der Waals surface area contributed by atoms with Crippen molar-refractivity contribution in [1.29, 1.82) is 0 Å². The standard InChI is InChI=1S/C15H22N2O3/c1-11(20-10-13-6-4-8-19-13)15(18)17-14-7-3-2-5-12(14)9-16/h2-3,5,7,11,13H,4,6,8-10,16H2,1H3,(H,17,18). The average Bonchev–Trinajstić information content (AvgIpc) is 2.98. The summed E-state index contributed by atoms with van der Waals surface area (Å²) in [7, 11) is 0. The molecule has 0 aromatic heterocycles. The third-order valence-corrected chi connectivity index (χ3v) is 3.42. The lowest BCUT2D eigenvalue weighted by molar-refractivity contribution is -0.128. The van der Waals surface area contributed by atoms with Gasteiger partial charge < -0.3 is 20.5 Å². The maximum atomic E-state index is 12.1. The van der Waals surface area contributed by atoms with Crippen LogP contribution in [0.5, 0.6) is 0 Å². The monoisotopic (exact) mass is 278 g/mol. The molecule has 2 unspecified atom stereocenters. The van der Waals surface area contributed by atoms with E-state index in [0.29, 0.717) is 13.2 Å². The highest BCUT2D eigenvalue weighted by molar-refractivity contribution is 5.94. The molecule has 0 spiro atoms. The smallest absolute Gasteiger partial charge is 0.253 e. The quantitative estimate of drug-likeness (QED) is 0.830. The fourth-order valence-electron chi connectivity index (χ4n) is 2.16.